The zero-order valence-corrected chi connectivity index (χ0v) is 17.2. The van der Waals surface area contributed by atoms with Crippen LogP contribution in [0.5, 0.6) is 11.8 Å². The highest BCUT2D eigenvalue weighted by molar-refractivity contribution is 7.71. The Morgan fingerprint density at radius 2 is 1.33 bits per heavy atom. The molecule has 0 fully saturated rings. The van der Waals surface area contributed by atoms with Gasteiger partial charge in [-0.15, -0.1) is 0 Å². The number of nitrogens with one attached hydrogen (secondary N) is 2. The predicted octanol–water partition coefficient (Wildman–Crippen LogP) is 1.70. The molecule has 4 N–H and O–H groups in total. The van der Waals surface area contributed by atoms with Crippen LogP contribution in [0.15, 0.2) is 33.9 Å². The Hall–Kier alpha value is -3.58. The highest BCUT2D eigenvalue weighted by Gasteiger charge is 2.31. The van der Waals surface area contributed by atoms with Gasteiger partial charge in [0.05, 0.1) is 22.0 Å². The molecule has 13 heteroatoms. The van der Waals surface area contributed by atoms with Crippen LogP contribution >= 0.6 is 24.4 Å². The first-order chi connectivity index (χ1) is 14.0. The Bertz CT molecular complexity index is 1320. The number of H-pyrrole nitrogens is 2. The molecule has 3 rings (SSSR count). The highest BCUT2D eigenvalue weighted by atomic mass is 32.1. The largest absolute Gasteiger partial charge is 0.494 e. The molecule has 156 valence electrons. The highest BCUT2D eigenvalue weighted by Crippen LogP contribution is 2.36. The number of nitro benzene ring substituents is 1. The second-order valence-electron chi connectivity index (χ2n) is 6.39. The molecular weight excluding hydrogens is 434 g/mol. The minimum absolute atomic E-state index is 0.0618. The summed E-state index contributed by atoms with van der Waals surface area (Å²) < 4.78 is 2.12. The second-order valence-corrected chi connectivity index (χ2v) is 7.17. The Balaban J connectivity index is 2.46. The standard InChI is InChI=1S/C17H15N5O6S2/c1-20-14(25)10(12(23)18-16(20)29)9(7-3-5-8(6-4-7)22(27)28)11-13(24)19-17(30)21(2)15(11)26/h3-6,9,25-26H,1-2H3,(H,18,23,29)(H,19,24,30). The molecule has 0 aliphatic carbocycles. The molecule has 11 nitrogen and oxygen atoms in total. The Labute approximate surface area is 177 Å². The number of aromatic amines is 2. The van der Waals surface area contributed by atoms with E-state index >= 15 is 0 Å². The summed E-state index contributed by atoms with van der Waals surface area (Å²) in [6.07, 6.45) is 0. The molecule has 3 aromatic rings. The molecule has 0 unspecified atom stereocenters. The van der Waals surface area contributed by atoms with Crippen molar-refractivity contribution in [3.8, 4) is 11.8 Å². The maximum absolute atomic E-state index is 12.7. The lowest BCUT2D eigenvalue weighted by Gasteiger charge is -2.21. The van der Waals surface area contributed by atoms with Crippen molar-refractivity contribution in [2.75, 3.05) is 0 Å². The molecule has 0 atom stereocenters. The lowest BCUT2D eigenvalue weighted by atomic mass is 9.86. The van der Waals surface area contributed by atoms with Crippen LogP contribution < -0.4 is 11.1 Å². The Kier molecular flexibility index (Phi) is 5.41. The summed E-state index contributed by atoms with van der Waals surface area (Å²) in [6, 6.07) is 5.01. The smallest absolute Gasteiger partial charge is 0.269 e. The van der Waals surface area contributed by atoms with Gasteiger partial charge in [-0.25, -0.2) is 0 Å². The maximum Gasteiger partial charge on any atom is 0.269 e. The lowest BCUT2D eigenvalue weighted by Crippen LogP contribution is -2.27. The third-order valence-electron chi connectivity index (χ3n) is 4.67. The number of benzene rings is 1. The van der Waals surface area contributed by atoms with Crippen LogP contribution in [0.1, 0.15) is 22.6 Å². The van der Waals surface area contributed by atoms with Crippen molar-refractivity contribution >= 4 is 30.1 Å². The van der Waals surface area contributed by atoms with Crippen molar-refractivity contribution < 1.29 is 15.1 Å². The van der Waals surface area contributed by atoms with Crippen molar-refractivity contribution in [2.24, 2.45) is 14.1 Å². The van der Waals surface area contributed by atoms with E-state index < -0.39 is 33.7 Å². The number of rotatable bonds is 4. The van der Waals surface area contributed by atoms with Crippen LogP contribution in [0.3, 0.4) is 0 Å². The lowest BCUT2D eigenvalue weighted by molar-refractivity contribution is -0.384. The molecule has 1 aromatic carbocycles. The Morgan fingerprint density at radius 1 is 0.933 bits per heavy atom. The molecule has 2 heterocycles. The van der Waals surface area contributed by atoms with Gasteiger partial charge in [0.1, 0.15) is 0 Å². The zero-order valence-electron chi connectivity index (χ0n) is 15.6. The first-order valence-corrected chi connectivity index (χ1v) is 9.15. The quantitative estimate of drug-likeness (QED) is 0.266. The molecule has 0 radical (unpaired) electrons. The summed E-state index contributed by atoms with van der Waals surface area (Å²) in [6.45, 7) is 0. The predicted molar refractivity (Wildman–Crippen MR) is 111 cm³/mol. The van der Waals surface area contributed by atoms with Crippen LogP contribution in [-0.4, -0.2) is 34.2 Å². The summed E-state index contributed by atoms with van der Waals surface area (Å²) in [5.74, 6) is -2.35. The third-order valence-corrected chi connectivity index (χ3v) is 5.42. The van der Waals surface area contributed by atoms with Gasteiger partial charge in [0, 0.05) is 26.2 Å². The molecule has 0 aliphatic heterocycles. The molecule has 0 saturated heterocycles. The molecule has 30 heavy (non-hydrogen) atoms. The van der Waals surface area contributed by atoms with Gasteiger partial charge in [-0.05, 0) is 30.0 Å². The SMILES string of the molecule is Cn1c(O)c(C(c2ccc([N+](=O)[O-])cc2)c2c(O)n(C)c(=S)[nH]c2=O)c(=O)[nH]c1=S. The van der Waals surface area contributed by atoms with Crippen LogP contribution in [-0.2, 0) is 14.1 Å². The summed E-state index contributed by atoms with van der Waals surface area (Å²) in [4.78, 5) is 40.6. The van der Waals surface area contributed by atoms with Gasteiger partial charge in [-0.1, -0.05) is 12.1 Å². The van der Waals surface area contributed by atoms with E-state index in [0.717, 1.165) is 9.13 Å². The van der Waals surface area contributed by atoms with E-state index in [1.54, 1.807) is 0 Å². The number of nitrogens with zero attached hydrogens (tertiary/aromatic N) is 3. The number of aromatic nitrogens is 4. The van der Waals surface area contributed by atoms with E-state index in [-0.39, 0.29) is 31.9 Å². The zero-order chi connectivity index (χ0) is 22.3. The molecule has 0 saturated carbocycles. The van der Waals surface area contributed by atoms with E-state index in [1.165, 1.54) is 38.4 Å². The number of hydrogen-bond donors (Lipinski definition) is 4. The van der Waals surface area contributed by atoms with Crippen molar-refractivity contribution in [1.82, 2.24) is 19.1 Å². The molecule has 0 spiro atoms. The summed E-state index contributed by atoms with van der Waals surface area (Å²) in [5, 5.41) is 32.3. The van der Waals surface area contributed by atoms with E-state index in [4.69, 9.17) is 24.4 Å². The molecule has 2 aromatic heterocycles. The molecule has 0 bridgehead atoms. The van der Waals surface area contributed by atoms with Crippen LogP contribution in [0.4, 0.5) is 5.69 Å². The third kappa shape index (κ3) is 3.44. The maximum atomic E-state index is 12.7. The molecular formula is C17H15N5O6S2. The van der Waals surface area contributed by atoms with Crippen molar-refractivity contribution in [1.29, 1.82) is 0 Å². The van der Waals surface area contributed by atoms with E-state index in [2.05, 4.69) is 9.97 Å². The van der Waals surface area contributed by atoms with Gasteiger partial charge in [0.2, 0.25) is 11.8 Å². The van der Waals surface area contributed by atoms with Crippen molar-refractivity contribution in [3.63, 3.8) is 0 Å². The number of aromatic hydroxyl groups is 2. The second kappa shape index (κ2) is 7.68. The Morgan fingerprint density at radius 3 is 1.70 bits per heavy atom. The fourth-order valence-electron chi connectivity index (χ4n) is 3.04. The minimum Gasteiger partial charge on any atom is -0.494 e. The number of non-ortho nitro benzene ring substituents is 1. The number of hydrogen-bond acceptors (Lipinski definition) is 8. The van der Waals surface area contributed by atoms with Crippen LogP contribution in [0.25, 0.3) is 0 Å². The van der Waals surface area contributed by atoms with Crippen molar-refractivity contribution in [2.45, 2.75) is 5.92 Å². The summed E-state index contributed by atoms with van der Waals surface area (Å²) in [5.41, 5.74) is -2.12. The average molecular weight is 449 g/mol. The fraction of sp³-hybridized carbons (Fsp3) is 0.176. The summed E-state index contributed by atoms with van der Waals surface area (Å²) in [7, 11) is 2.81. The van der Waals surface area contributed by atoms with E-state index in [0.29, 0.717) is 0 Å². The van der Waals surface area contributed by atoms with Gasteiger partial charge in [0.15, 0.2) is 9.54 Å². The topological polar surface area (TPSA) is 159 Å². The minimum atomic E-state index is -1.29. The van der Waals surface area contributed by atoms with Gasteiger partial charge < -0.3 is 10.2 Å². The normalized spacial score (nSPS) is 11.0. The summed E-state index contributed by atoms with van der Waals surface area (Å²) >= 11 is 9.96. The molecule has 0 amide bonds. The number of nitro groups is 1. The fourth-order valence-corrected chi connectivity index (χ4v) is 3.40. The van der Waals surface area contributed by atoms with Crippen LogP contribution in [0.2, 0.25) is 0 Å². The first kappa shape index (κ1) is 21.1. The van der Waals surface area contributed by atoms with E-state index in [1.807, 2.05) is 0 Å². The van der Waals surface area contributed by atoms with Gasteiger partial charge in [0.25, 0.3) is 16.8 Å². The van der Waals surface area contributed by atoms with Gasteiger partial charge >= 0.3 is 0 Å². The average Bonchev–Trinajstić information content (AvgIpc) is 2.69. The van der Waals surface area contributed by atoms with Gasteiger partial charge in [-0.3, -0.25) is 38.8 Å². The molecule has 0 aliphatic rings. The van der Waals surface area contributed by atoms with Crippen molar-refractivity contribution in [3.05, 3.63) is 81.3 Å². The van der Waals surface area contributed by atoms with E-state index in [9.17, 15) is 29.9 Å². The first-order valence-electron chi connectivity index (χ1n) is 8.33. The van der Waals surface area contributed by atoms with Crippen LogP contribution in [0, 0.1) is 19.7 Å². The van der Waals surface area contributed by atoms with Gasteiger partial charge in [-0.2, -0.15) is 0 Å². The monoisotopic (exact) mass is 449 g/mol.